The van der Waals surface area contributed by atoms with Crippen molar-refractivity contribution in [3.05, 3.63) is 59.2 Å². The van der Waals surface area contributed by atoms with Crippen molar-refractivity contribution in [2.45, 2.75) is 77.0 Å². The quantitative estimate of drug-likeness (QED) is 0.317. The van der Waals surface area contributed by atoms with Crippen molar-refractivity contribution in [3.8, 4) is 11.5 Å². The van der Waals surface area contributed by atoms with Crippen LogP contribution in [0.15, 0.2) is 42.5 Å². The molecule has 204 valence electrons. The molecule has 0 aromatic heterocycles. The van der Waals surface area contributed by atoms with Gasteiger partial charge in [0.25, 0.3) is 0 Å². The summed E-state index contributed by atoms with van der Waals surface area (Å²) in [5.74, 6) is 3.15. The molecule has 0 heterocycles. The van der Waals surface area contributed by atoms with E-state index in [2.05, 4.69) is 37.3 Å². The number of fused-ring (bicyclic) bond motifs is 5. The number of Topliss-reactive ketones (excluding diaryl/α,β-unsaturated/α-hetero) is 1. The van der Waals surface area contributed by atoms with Gasteiger partial charge < -0.3 is 9.84 Å². The van der Waals surface area contributed by atoms with Crippen LogP contribution in [0.4, 0.5) is 0 Å². The Bertz CT molecular complexity index is 1160. The maximum Gasteiger partial charge on any atom is 0.242 e. The predicted molar refractivity (Wildman–Crippen MR) is 146 cm³/mol. The number of carbonyl (C=O) groups excluding carboxylic acids is 2. The maximum atomic E-state index is 13.1. The zero-order valence-corrected chi connectivity index (χ0v) is 22.9. The Morgan fingerprint density at radius 1 is 1.05 bits per heavy atom. The molecule has 0 radical (unpaired) electrons. The smallest absolute Gasteiger partial charge is 0.242 e. The summed E-state index contributed by atoms with van der Waals surface area (Å²) in [7, 11) is 1.63. The Morgan fingerprint density at radius 3 is 2.58 bits per heavy atom. The van der Waals surface area contributed by atoms with Gasteiger partial charge in [-0.2, -0.15) is 0 Å². The Morgan fingerprint density at radius 2 is 1.82 bits per heavy atom. The Balaban J connectivity index is 1.25. The van der Waals surface area contributed by atoms with Crippen LogP contribution in [0.25, 0.3) is 0 Å². The van der Waals surface area contributed by atoms with Gasteiger partial charge in [-0.1, -0.05) is 25.1 Å². The highest BCUT2D eigenvalue weighted by Gasteiger charge is 2.57. The molecular formula is C32H41NO5. The summed E-state index contributed by atoms with van der Waals surface area (Å²) in [4.78, 5) is 29.6. The second-order valence-electron chi connectivity index (χ2n) is 11.7. The van der Waals surface area contributed by atoms with Gasteiger partial charge >= 0.3 is 0 Å². The fraction of sp³-hybridized carbons (Fsp3) is 0.562. The van der Waals surface area contributed by atoms with Crippen LogP contribution in [0.2, 0.25) is 0 Å². The van der Waals surface area contributed by atoms with Gasteiger partial charge in [-0.15, -0.1) is 0 Å². The van der Waals surface area contributed by atoms with Gasteiger partial charge in [-0.05, 0) is 110 Å². The van der Waals surface area contributed by atoms with E-state index < -0.39 is 0 Å². The van der Waals surface area contributed by atoms with Crippen LogP contribution < -0.4 is 4.74 Å². The summed E-state index contributed by atoms with van der Waals surface area (Å²) in [6.45, 7) is 4.88. The molecular weight excluding hydrogens is 478 g/mol. The van der Waals surface area contributed by atoms with E-state index in [1.807, 2.05) is 12.1 Å². The number of amides is 1. The molecule has 0 bridgehead atoms. The maximum absolute atomic E-state index is 13.1. The average molecular weight is 520 g/mol. The SMILES string of the molecule is CC(=O)N(C)OCCCCCOc1ccc([C@H]2C[C@]3(C)C(=O)CC[C@H]3[C@@H]3CCc4cc(O)ccc4[C@H]32)cc1. The molecule has 0 saturated heterocycles. The van der Waals surface area contributed by atoms with E-state index in [-0.39, 0.29) is 17.2 Å². The second-order valence-corrected chi connectivity index (χ2v) is 11.7. The van der Waals surface area contributed by atoms with Gasteiger partial charge in [0.05, 0.1) is 13.2 Å². The Kier molecular flexibility index (Phi) is 7.80. The Hall–Kier alpha value is -2.86. The number of benzene rings is 2. The highest BCUT2D eigenvalue weighted by molar-refractivity contribution is 5.87. The fourth-order valence-corrected chi connectivity index (χ4v) is 7.47. The number of nitrogens with zero attached hydrogens (tertiary/aromatic N) is 1. The zero-order chi connectivity index (χ0) is 26.9. The number of unbranched alkanes of at least 4 members (excludes halogenated alkanes) is 2. The summed E-state index contributed by atoms with van der Waals surface area (Å²) >= 11 is 0. The van der Waals surface area contributed by atoms with Gasteiger partial charge in [0, 0.05) is 25.8 Å². The number of hydroxylamine groups is 2. The van der Waals surface area contributed by atoms with E-state index in [0.717, 1.165) is 50.7 Å². The fourth-order valence-electron chi connectivity index (χ4n) is 7.47. The van der Waals surface area contributed by atoms with Crippen LogP contribution in [0.3, 0.4) is 0 Å². The second kappa shape index (κ2) is 11.1. The summed E-state index contributed by atoms with van der Waals surface area (Å²) in [6, 6.07) is 14.4. The van der Waals surface area contributed by atoms with Crippen molar-refractivity contribution in [1.82, 2.24) is 5.06 Å². The van der Waals surface area contributed by atoms with E-state index >= 15 is 0 Å². The summed E-state index contributed by atoms with van der Waals surface area (Å²) in [5.41, 5.74) is 3.67. The van der Waals surface area contributed by atoms with Crippen molar-refractivity contribution >= 4 is 11.7 Å². The molecule has 0 aliphatic heterocycles. The predicted octanol–water partition coefficient (Wildman–Crippen LogP) is 6.17. The molecule has 1 N–H and O–H groups in total. The molecule has 2 aromatic rings. The lowest BCUT2D eigenvalue weighted by Crippen LogP contribution is -2.45. The third kappa shape index (κ3) is 5.20. The molecule has 0 spiro atoms. The average Bonchev–Trinajstić information content (AvgIpc) is 3.21. The van der Waals surface area contributed by atoms with Crippen LogP contribution >= 0.6 is 0 Å². The first-order valence-corrected chi connectivity index (χ1v) is 14.2. The first kappa shape index (κ1) is 26.7. The molecule has 3 aliphatic carbocycles. The van der Waals surface area contributed by atoms with E-state index in [1.54, 1.807) is 7.05 Å². The van der Waals surface area contributed by atoms with Gasteiger partial charge in [0.15, 0.2) is 0 Å². The normalized spacial score (nSPS) is 27.8. The topological polar surface area (TPSA) is 76.1 Å². The number of carbonyl (C=O) groups is 2. The summed E-state index contributed by atoms with van der Waals surface area (Å²) < 4.78 is 6.01. The number of aromatic hydroxyl groups is 1. The highest BCUT2D eigenvalue weighted by atomic mass is 16.7. The van der Waals surface area contributed by atoms with E-state index in [9.17, 15) is 14.7 Å². The largest absolute Gasteiger partial charge is 0.508 e. The number of hydrogen-bond acceptors (Lipinski definition) is 5. The van der Waals surface area contributed by atoms with Crippen LogP contribution in [-0.4, -0.2) is 42.1 Å². The molecule has 6 heteroatoms. The van der Waals surface area contributed by atoms with Crippen LogP contribution in [0, 0.1) is 17.3 Å². The lowest BCUT2D eigenvalue weighted by molar-refractivity contribution is -0.176. The molecule has 6 nitrogen and oxygen atoms in total. The van der Waals surface area contributed by atoms with Crippen LogP contribution in [-0.2, 0) is 20.8 Å². The third-order valence-corrected chi connectivity index (χ3v) is 9.52. The number of hydrogen-bond donors (Lipinski definition) is 1. The van der Waals surface area contributed by atoms with Crippen molar-refractivity contribution in [3.63, 3.8) is 0 Å². The Labute approximate surface area is 226 Å². The lowest BCUT2D eigenvalue weighted by atomic mass is 9.51. The highest BCUT2D eigenvalue weighted by Crippen LogP contribution is 2.64. The number of ketones is 1. The summed E-state index contributed by atoms with van der Waals surface area (Å²) in [5, 5.41) is 11.4. The number of phenols is 1. The molecule has 1 amide bonds. The van der Waals surface area contributed by atoms with E-state index in [1.165, 1.54) is 28.7 Å². The molecule has 3 aliphatic rings. The van der Waals surface area contributed by atoms with Crippen LogP contribution in [0.1, 0.15) is 87.3 Å². The van der Waals surface area contributed by atoms with E-state index in [4.69, 9.17) is 9.57 Å². The number of rotatable bonds is 9. The minimum absolute atomic E-state index is 0.101. The minimum atomic E-state index is -0.238. The molecule has 5 rings (SSSR count). The molecule has 2 saturated carbocycles. The molecule has 0 unspecified atom stereocenters. The number of phenolic OH excluding ortho intramolecular Hbond substituents is 1. The van der Waals surface area contributed by atoms with Crippen molar-refractivity contribution < 1.29 is 24.3 Å². The van der Waals surface area contributed by atoms with Crippen molar-refractivity contribution in [1.29, 1.82) is 0 Å². The first-order chi connectivity index (χ1) is 18.3. The van der Waals surface area contributed by atoms with E-state index in [0.29, 0.717) is 48.9 Å². The van der Waals surface area contributed by atoms with Gasteiger partial charge in [0.2, 0.25) is 5.91 Å². The number of ether oxygens (including phenoxy) is 1. The zero-order valence-electron chi connectivity index (χ0n) is 22.9. The first-order valence-electron chi connectivity index (χ1n) is 14.2. The van der Waals surface area contributed by atoms with Gasteiger partial charge in [0.1, 0.15) is 17.3 Å². The van der Waals surface area contributed by atoms with Gasteiger partial charge in [-0.25, -0.2) is 5.06 Å². The standard InChI is InChI=1S/C32H41NO5/c1-21(34)33(3)38-18-6-4-5-17-37-25-11-7-22(8-12-25)28-20-32(2)29(15-16-30(32)36)27-13-9-23-19-24(35)10-14-26(23)31(27)28/h7-8,10-12,14,19,27-29,31,35H,4-6,9,13,15-18,20H2,1-3H3/t27-,28+,29-,31+,32-/m0/s1. The van der Waals surface area contributed by atoms with Crippen molar-refractivity contribution in [2.24, 2.45) is 17.3 Å². The number of aryl methyl sites for hydroxylation is 1. The van der Waals surface area contributed by atoms with Crippen molar-refractivity contribution in [2.75, 3.05) is 20.3 Å². The molecule has 38 heavy (non-hydrogen) atoms. The summed E-state index contributed by atoms with van der Waals surface area (Å²) in [6.07, 6.45) is 7.45. The third-order valence-electron chi connectivity index (χ3n) is 9.52. The minimum Gasteiger partial charge on any atom is -0.508 e. The monoisotopic (exact) mass is 519 g/mol. The van der Waals surface area contributed by atoms with Crippen LogP contribution in [0.5, 0.6) is 11.5 Å². The molecule has 5 atom stereocenters. The van der Waals surface area contributed by atoms with Gasteiger partial charge in [-0.3, -0.25) is 14.4 Å². The lowest BCUT2D eigenvalue weighted by Gasteiger charge is -2.52. The molecule has 2 aromatic carbocycles. The molecule has 2 fully saturated rings.